The van der Waals surface area contributed by atoms with Crippen LogP contribution in [-0.4, -0.2) is 17.8 Å². The maximum atomic E-state index is 11.8. The van der Waals surface area contributed by atoms with Gasteiger partial charge >= 0.3 is 0 Å². The van der Waals surface area contributed by atoms with E-state index in [1.165, 1.54) is 6.42 Å². The molecule has 0 radical (unpaired) electrons. The Kier molecular flexibility index (Phi) is 5.44. The SMILES string of the molecule is CCCC(C)C(=O)NC1CCCC1CCl. The molecule has 0 aromatic heterocycles. The molecule has 1 rings (SSSR count). The molecule has 0 spiro atoms. The van der Waals surface area contributed by atoms with Gasteiger partial charge in [0.15, 0.2) is 0 Å². The molecule has 0 bridgehead atoms. The molecule has 0 aromatic carbocycles. The lowest BCUT2D eigenvalue weighted by molar-refractivity contribution is -0.125. The summed E-state index contributed by atoms with van der Waals surface area (Å²) in [5, 5.41) is 3.14. The molecule has 2 nitrogen and oxygen atoms in total. The van der Waals surface area contributed by atoms with Crippen LogP contribution in [0.25, 0.3) is 0 Å². The van der Waals surface area contributed by atoms with Crippen molar-refractivity contribution in [2.45, 2.75) is 52.0 Å². The fourth-order valence-corrected chi connectivity index (χ4v) is 2.67. The van der Waals surface area contributed by atoms with Gasteiger partial charge in [-0.05, 0) is 25.2 Å². The molecule has 0 saturated heterocycles. The average molecular weight is 232 g/mol. The summed E-state index contributed by atoms with van der Waals surface area (Å²) in [6.45, 7) is 4.12. The van der Waals surface area contributed by atoms with E-state index in [-0.39, 0.29) is 11.8 Å². The highest BCUT2D eigenvalue weighted by atomic mass is 35.5. The number of alkyl halides is 1. The summed E-state index contributed by atoms with van der Waals surface area (Å²) >= 11 is 5.88. The van der Waals surface area contributed by atoms with Crippen LogP contribution < -0.4 is 5.32 Å². The van der Waals surface area contributed by atoms with Gasteiger partial charge < -0.3 is 5.32 Å². The lowest BCUT2D eigenvalue weighted by Crippen LogP contribution is -2.40. The highest BCUT2D eigenvalue weighted by Gasteiger charge is 2.28. The molecule has 1 fully saturated rings. The van der Waals surface area contributed by atoms with Crippen LogP contribution in [0, 0.1) is 11.8 Å². The number of halogens is 1. The number of hydrogen-bond acceptors (Lipinski definition) is 1. The quantitative estimate of drug-likeness (QED) is 0.725. The van der Waals surface area contributed by atoms with Crippen molar-refractivity contribution in [3.8, 4) is 0 Å². The first-order chi connectivity index (χ1) is 7.19. The zero-order chi connectivity index (χ0) is 11.3. The standard InChI is InChI=1S/C12H22ClNO/c1-3-5-9(2)12(15)14-11-7-4-6-10(11)8-13/h9-11H,3-8H2,1-2H3,(H,14,15). The third-order valence-electron chi connectivity index (χ3n) is 3.35. The molecule has 88 valence electrons. The number of rotatable bonds is 5. The lowest BCUT2D eigenvalue weighted by atomic mass is 10.0. The molecular formula is C12H22ClNO. The van der Waals surface area contributed by atoms with Gasteiger partial charge in [0, 0.05) is 17.8 Å². The van der Waals surface area contributed by atoms with Crippen LogP contribution in [0.15, 0.2) is 0 Å². The van der Waals surface area contributed by atoms with Crippen LogP contribution in [0.3, 0.4) is 0 Å². The number of carbonyl (C=O) groups is 1. The monoisotopic (exact) mass is 231 g/mol. The summed E-state index contributed by atoms with van der Waals surface area (Å²) in [5.74, 6) is 1.52. The van der Waals surface area contributed by atoms with Crippen molar-refractivity contribution in [3.63, 3.8) is 0 Å². The highest BCUT2D eigenvalue weighted by Crippen LogP contribution is 2.26. The Bertz CT molecular complexity index is 208. The van der Waals surface area contributed by atoms with Crippen LogP contribution in [0.2, 0.25) is 0 Å². The van der Waals surface area contributed by atoms with Gasteiger partial charge in [-0.2, -0.15) is 0 Å². The van der Waals surface area contributed by atoms with Crippen LogP contribution in [0.1, 0.15) is 46.0 Å². The molecule has 1 aliphatic carbocycles. The van der Waals surface area contributed by atoms with E-state index in [9.17, 15) is 4.79 Å². The molecule has 3 unspecified atom stereocenters. The Morgan fingerprint density at radius 1 is 1.53 bits per heavy atom. The molecule has 0 aromatic rings. The maximum Gasteiger partial charge on any atom is 0.223 e. The molecule has 15 heavy (non-hydrogen) atoms. The normalized spacial score (nSPS) is 27.7. The van der Waals surface area contributed by atoms with E-state index >= 15 is 0 Å². The Hall–Kier alpha value is -0.240. The van der Waals surface area contributed by atoms with Crippen LogP contribution in [0.4, 0.5) is 0 Å². The predicted molar refractivity (Wildman–Crippen MR) is 64.1 cm³/mol. The molecule has 0 aliphatic heterocycles. The van der Waals surface area contributed by atoms with Gasteiger partial charge in [-0.25, -0.2) is 0 Å². The lowest BCUT2D eigenvalue weighted by Gasteiger charge is -2.21. The van der Waals surface area contributed by atoms with E-state index in [0.717, 1.165) is 25.7 Å². The molecule has 3 heteroatoms. The second-order valence-electron chi connectivity index (χ2n) is 4.65. The van der Waals surface area contributed by atoms with Crippen molar-refractivity contribution >= 4 is 17.5 Å². The third-order valence-corrected chi connectivity index (χ3v) is 3.75. The largest absolute Gasteiger partial charge is 0.353 e. The molecule has 3 atom stereocenters. The van der Waals surface area contributed by atoms with Gasteiger partial charge in [-0.1, -0.05) is 26.7 Å². The topological polar surface area (TPSA) is 29.1 Å². The van der Waals surface area contributed by atoms with Crippen molar-refractivity contribution in [3.05, 3.63) is 0 Å². The fourth-order valence-electron chi connectivity index (χ4n) is 2.30. The van der Waals surface area contributed by atoms with Crippen molar-refractivity contribution in [2.75, 3.05) is 5.88 Å². The Morgan fingerprint density at radius 3 is 2.87 bits per heavy atom. The zero-order valence-corrected chi connectivity index (χ0v) is 10.5. The first-order valence-electron chi connectivity index (χ1n) is 6.05. The minimum atomic E-state index is 0.145. The minimum absolute atomic E-state index is 0.145. The van der Waals surface area contributed by atoms with E-state index < -0.39 is 0 Å². The van der Waals surface area contributed by atoms with Crippen molar-refractivity contribution in [1.82, 2.24) is 5.32 Å². The summed E-state index contributed by atoms with van der Waals surface area (Å²) in [6, 6.07) is 0.328. The number of hydrogen-bond donors (Lipinski definition) is 1. The van der Waals surface area contributed by atoms with E-state index in [4.69, 9.17) is 11.6 Å². The van der Waals surface area contributed by atoms with Crippen molar-refractivity contribution in [2.24, 2.45) is 11.8 Å². The molecule has 1 amide bonds. The van der Waals surface area contributed by atoms with Crippen LogP contribution in [0.5, 0.6) is 0 Å². The van der Waals surface area contributed by atoms with Crippen molar-refractivity contribution < 1.29 is 4.79 Å². The first-order valence-corrected chi connectivity index (χ1v) is 6.58. The summed E-state index contributed by atoms with van der Waals surface area (Å²) < 4.78 is 0. The fraction of sp³-hybridized carbons (Fsp3) is 0.917. The molecular weight excluding hydrogens is 210 g/mol. The highest BCUT2D eigenvalue weighted by molar-refractivity contribution is 6.18. The second-order valence-corrected chi connectivity index (χ2v) is 4.96. The van der Waals surface area contributed by atoms with Gasteiger partial charge in [-0.3, -0.25) is 4.79 Å². The summed E-state index contributed by atoms with van der Waals surface area (Å²) in [4.78, 5) is 11.8. The van der Waals surface area contributed by atoms with Gasteiger partial charge in [0.1, 0.15) is 0 Å². The van der Waals surface area contributed by atoms with Crippen LogP contribution in [-0.2, 0) is 4.79 Å². The smallest absolute Gasteiger partial charge is 0.223 e. The van der Waals surface area contributed by atoms with E-state index in [0.29, 0.717) is 17.8 Å². The van der Waals surface area contributed by atoms with E-state index in [1.807, 2.05) is 6.92 Å². The molecule has 0 heterocycles. The zero-order valence-electron chi connectivity index (χ0n) is 9.76. The molecule has 1 aliphatic rings. The van der Waals surface area contributed by atoms with Gasteiger partial charge in [0.05, 0.1) is 0 Å². The van der Waals surface area contributed by atoms with Gasteiger partial charge in [0.2, 0.25) is 5.91 Å². The number of nitrogens with one attached hydrogen (secondary N) is 1. The average Bonchev–Trinajstić information content (AvgIpc) is 2.65. The second kappa shape index (κ2) is 6.37. The predicted octanol–water partition coefficient (Wildman–Crippen LogP) is 2.95. The Balaban J connectivity index is 2.36. The van der Waals surface area contributed by atoms with E-state index in [2.05, 4.69) is 12.2 Å². The van der Waals surface area contributed by atoms with E-state index in [1.54, 1.807) is 0 Å². The summed E-state index contributed by atoms with van der Waals surface area (Å²) in [7, 11) is 0. The Morgan fingerprint density at radius 2 is 2.27 bits per heavy atom. The molecule has 1 saturated carbocycles. The summed E-state index contributed by atoms with van der Waals surface area (Å²) in [6.07, 6.45) is 5.51. The maximum absolute atomic E-state index is 11.8. The summed E-state index contributed by atoms with van der Waals surface area (Å²) in [5.41, 5.74) is 0. The Labute approximate surface area is 97.8 Å². The third kappa shape index (κ3) is 3.67. The number of amides is 1. The minimum Gasteiger partial charge on any atom is -0.353 e. The van der Waals surface area contributed by atoms with Gasteiger partial charge in [-0.15, -0.1) is 11.6 Å². The number of carbonyl (C=O) groups excluding carboxylic acids is 1. The first kappa shape index (κ1) is 12.8. The van der Waals surface area contributed by atoms with Crippen molar-refractivity contribution in [1.29, 1.82) is 0 Å². The molecule has 1 N–H and O–H groups in total. The van der Waals surface area contributed by atoms with Gasteiger partial charge in [0.25, 0.3) is 0 Å². The van der Waals surface area contributed by atoms with Crippen LogP contribution >= 0.6 is 11.6 Å².